The van der Waals surface area contributed by atoms with Crippen LogP contribution in [-0.4, -0.2) is 41.3 Å². The number of pyridine rings is 1. The van der Waals surface area contributed by atoms with Crippen molar-refractivity contribution >= 4 is 46.1 Å². The van der Waals surface area contributed by atoms with Crippen LogP contribution in [0.1, 0.15) is 34.1 Å². The minimum Gasteiger partial charge on any atom is -0.447 e. The van der Waals surface area contributed by atoms with Crippen LogP contribution in [-0.2, 0) is 14.3 Å². The number of nitriles is 1. The highest BCUT2D eigenvalue weighted by Gasteiger charge is 2.43. The van der Waals surface area contributed by atoms with E-state index < -0.39 is 35.6 Å². The van der Waals surface area contributed by atoms with Gasteiger partial charge >= 0.3 is 12.2 Å². The summed E-state index contributed by atoms with van der Waals surface area (Å²) >= 11 is 0. The molecule has 0 radical (unpaired) electrons. The van der Waals surface area contributed by atoms with Crippen LogP contribution in [0, 0.1) is 29.0 Å². The maximum absolute atomic E-state index is 15.7. The minimum atomic E-state index is -0.879. The number of carbonyl (C=O) groups is 3. The summed E-state index contributed by atoms with van der Waals surface area (Å²) in [5.41, 5.74) is -1.13. The van der Waals surface area contributed by atoms with Gasteiger partial charge in [0.1, 0.15) is 18.0 Å². The Morgan fingerprint density at radius 3 is 2.65 bits per heavy atom. The van der Waals surface area contributed by atoms with Gasteiger partial charge in [0.15, 0.2) is 5.82 Å². The Hall–Kier alpha value is -3.94. The smallest absolute Gasteiger partial charge is 0.414 e. The monoisotopic (exact) mass is 469 g/mol. The summed E-state index contributed by atoms with van der Waals surface area (Å²) in [6, 6.07) is 4.56. The molecule has 0 bridgehead atoms. The Balaban J connectivity index is 1.75. The molecule has 1 aromatic carbocycles. The lowest BCUT2D eigenvalue weighted by Crippen LogP contribution is -2.32. The summed E-state index contributed by atoms with van der Waals surface area (Å²) in [6.07, 6.45) is 0.207. The second-order valence-electron chi connectivity index (χ2n) is 9.37. The van der Waals surface area contributed by atoms with Gasteiger partial charge in [-0.2, -0.15) is 5.26 Å². The first kappa shape index (κ1) is 23.2. The van der Waals surface area contributed by atoms with Crippen LogP contribution >= 0.6 is 0 Å². The number of cyclic esters (lactones) is 1. The van der Waals surface area contributed by atoms with Gasteiger partial charge in [-0.3, -0.25) is 15.0 Å². The van der Waals surface area contributed by atoms with Gasteiger partial charge in [0, 0.05) is 11.6 Å². The Morgan fingerprint density at radius 2 is 2.06 bits per heavy atom. The van der Waals surface area contributed by atoms with Crippen molar-refractivity contribution in [2.45, 2.75) is 45.8 Å². The SMILES string of the molecule is C[C@H]1COC(=O)N1c1cc2cc(NC(=O)C3CC3C#N)ncc2c(NC(=O)OC(C)(C)C)c1F. The minimum absolute atomic E-state index is 0.0875. The Morgan fingerprint density at radius 1 is 1.32 bits per heavy atom. The lowest BCUT2D eigenvalue weighted by Gasteiger charge is -2.23. The number of rotatable bonds is 4. The summed E-state index contributed by atoms with van der Waals surface area (Å²) < 4.78 is 25.9. The zero-order valence-corrected chi connectivity index (χ0v) is 19.1. The highest BCUT2D eigenvalue weighted by molar-refractivity contribution is 6.06. The number of carbonyl (C=O) groups excluding carboxylic acids is 3. The Bertz CT molecular complexity index is 1230. The highest BCUT2D eigenvalue weighted by Crippen LogP contribution is 2.40. The maximum Gasteiger partial charge on any atom is 0.414 e. The fourth-order valence-corrected chi connectivity index (χ4v) is 3.73. The third-order valence-corrected chi connectivity index (χ3v) is 5.46. The third kappa shape index (κ3) is 4.57. The van der Waals surface area contributed by atoms with E-state index in [1.807, 2.05) is 0 Å². The van der Waals surface area contributed by atoms with E-state index in [1.54, 1.807) is 27.7 Å². The van der Waals surface area contributed by atoms with E-state index in [2.05, 4.69) is 21.7 Å². The van der Waals surface area contributed by atoms with E-state index in [1.165, 1.54) is 18.3 Å². The molecule has 3 atom stereocenters. The molecule has 1 aromatic heterocycles. The number of ether oxygens (including phenoxy) is 2. The second kappa shape index (κ2) is 8.44. The molecule has 1 saturated heterocycles. The van der Waals surface area contributed by atoms with Gasteiger partial charge in [-0.15, -0.1) is 0 Å². The van der Waals surface area contributed by atoms with Crippen molar-refractivity contribution in [3.8, 4) is 6.07 Å². The molecule has 2 fully saturated rings. The molecular weight excluding hydrogens is 445 g/mol. The van der Waals surface area contributed by atoms with Crippen molar-refractivity contribution in [3.63, 3.8) is 0 Å². The number of amides is 3. The zero-order valence-electron chi connectivity index (χ0n) is 19.1. The van der Waals surface area contributed by atoms with Crippen LogP contribution in [0.5, 0.6) is 0 Å². The molecule has 4 rings (SSSR count). The normalized spacial score (nSPS) is 21.6. The molecule has 34 heavy (non-hydrogen) atoms. The topological polar surface area (TPSA) is 134 Å². The van der Waals surface area contributed by atoms with Gasteiger partial charge in [-0.1, -0.05) is 0 Å². The first-order valence-electron chi connectivity index (χ1n) is 10.8. The lowest BCUT2D eigenvalue weighted by atomic mass is 10.1. The van der Waals surface area contributed by atoms with Crippen LogP contribution in [0.2, 0.25) is 0 Å². The molecule has 1 aliphatic heterocycles. The van der Waals surface area contributed by atoms with Gasteiger partial charge in [0.2, 0.25) is 5.91 Å². The number of nitrogens with zero attached hydrogens (tertiary/aromatic N) is 3. The number of benzene rings is 1. The largest absolute Gasteiger partial charge is 0.447 e. The zero-order chi connectivity index (χ0) is 24.8. The quantitative estimate of drug-likeness (QED) is 0.686. The van der Waals surface area contributed by atoms with Crippen molar-refractivity contribution in [2.75, 3.05) is 22.1 Å². The van der Waals surface area contributed by atoms with Crippen molar-refractivity contribution in [1.29, 1.82) is 5.26 Å². The Kier molecular flexibility index (Phi) is 5.77. The molecule has 2 aromatic rings. The standard InChI is InChI=1S/C23H24FN5O5/c1-11-10-33-22(32)29(11)16-6-12-7-17(27-20(30)14-5-13(14)8-25)26-9-15(12)19(18(16)24)28-21(31)34-23(2,3)4/h6-7,9,11,13-14H,5,10H2,1-4H3,(H,28,31)(H,26,27,30)/t11-,13?,14?/m0/s1. The van der Waals surface area contributed by atoms with Gasteiger partial charge in [-0.05, 0) is 51.6 Å². The molecular formula is C23H24FN5O5. The van der Waals surface area contributed by atoms with Gasteiger partial charge in [0.25, 0.3) is 0 Å². The summed E-state index contributed by atoms with van der Waals surface area (Å²) in [5.74, 6) is -1.69. The van der Waals surface area contributed by atoms with Crippen molar-refractivity contribution < 1.29 is 28.2 Å². The molecule has 0 spiro atoms. The van der Waals surface area contributed by atoms with Crippen LogP contribution < -0.4 is 15.5 Å². The van der Waals surface area contributed by atoms with Gasteiger partial charge in [0.05, 0.1) is 35.3 Å². The molecule has 2 N–H and O–H groups in total. The first-order valence-corrected chi connectivity index (χ1v) is 10.8. The van der Waals surface area contributed by atoms with E-state index in [0.29, 0.717) is 11.8 Å². The molecule has 10 nitrogen and oxygen atoms in total. The van der Waals surface area contributed by atoms with Crippen LogP contribution in [0.3, 0.4) is 0 Å². The number of hydrogen-bond donors (Lipinski definition) is 2. The number of nitrogens with one attached hydrogen (secondary N) is 2. The van der Waals surface area contributed by atoms with Crippen LogP contribution in [0.25, 0.3) is 10.8 Å². The second-order valence-corrected chi connectivity index (χ2v) is 9.37. The molecule has 2 unspecified atom stereocenters. The third-order valence-electron chi connectivity index (χ3n) is 5.46. The van der Waals surface area contributed by atoms with E-state index >= 15 is 4.39 Å². The van der Waals surface area contributed by atoms with Gasteiger partial charge in [-0.25, -0.2) is 19.0 Å². The van der Waals surface area contributed by atoms with Crippen molar-refractivity contribution in [1.82, 2.24) is 4.98 Å². The van der Waals surface area contributed by atoms with E-state index in [4.69, 9.17) is 14.7 Å². The fourth-order valence-electron chi connectivity index (χ4n) is 3.73. The van der Waals surface area contributed by atoms with Crippen molar-refractivity contribution in [2.24, 2.45) is 11.8 Å². The molecule has 3 amide bonds. The summed E-state index contributed by atoms with van der Waals surface area (Å²) in [5, 5.41) is 14.7. The molecule has 1 aliphatic carbocycles. The van der Waals surface area contributed by atoms with Crippen molar-refractivity contribution in [3.05, 3.63) is 24.1 Å². The highest BCUT2D eigenvalue weighted by atomic mass is 19.1. The average molecular weight is 469 g/mol. The molecule has 178 valence electrons. The lowest BCUT2D eigenvalue weighted by molar-refractivity contribution is -0.117. The number of fused-ring (bicyclic) bond motifs is 1. The molecule has 2 heterocycles. The summed E-state index contributed by atoms with van der Waals surface area (Å²) in [6.45, 7) is 6.81. The maximum atomic E-state index is 15.7. The molecule has 1 saturated carbocycles. The van der Waals surface area contributed by atoms with Crippen LogP contribution in [0.4, 0.5) is 31.2 Å². The average Bonchev–Trinajstić information content (AvgIpc) is 3.47. The number of aromatic nitrogens is 1. The predicted molar refractivity (Wildman–Crippen MR) is 121 cm³/mol. The molecule has 2 aliphatic rings. The van der Waals surface area contributed by atoms with Gasteiger partial charge < -0.3 is 14.8 Å². The van der Waals surface area contributed by atoms with E-state index in [0.717, 1.165) is 4.90 Å². The number of hydrogen-bond acceptors (Lipinski definition) is 7. The summed E-state index contributed by atoms with van der Waals surface area (Å²) in [4.78, 5) is 42.4. The Labute approximate surface area is 195 Å². The fraction of sp³-hybridized carbons (Fsp3) is 0.435. The first-order chi connectivity index (χ1) is 16.0. The predicted octanol–water partition coefficient (Wildman–Crippen LogP) is 4.16. The summed E-state index contributed by atoms with van der Waals surface area (Å²) in [7, 11) is 0. The number of halogens is 1. The molecule has 11 heteroatoms. The van der Waals surface area contributed by atoms with E-state index in [9.17, 15) is 14.4 Å². The van der Waals surface area contributed by atoms with E-state index in [-0.39, 0.29) is 41.0 Å². The van der Waals surface area contributed by atoms with Crippen LogP contribution in [0.15, 0.2) is 18.3 Å². The number of anilines is 3.